The summed E-state index contributed by atoms with van der Waals surface area (Å²) in [6.45, 7) is 1.74. The molecule has 0 saturated carbocycles. The molecule has 0 aliphatic heterocycles. The summed E-state index contributed by atoms with van der Waals surface area (Å²) in [5.41, 5.74) is 0.722. The zero-order valence-corrected chi connectivity index (χ0v) is 14.1. The third-order valence-electron chi connectivity index (χ3n) is 2.94. The second-order valence-electron chi connectivity index (χ2n) is 4.73. The molecule has 0 aromatic carbocycles. The fourth-order valence-corrected chi connectivity index (χ4v) is 2.54. The number of pyridine rings is 2. The highest BCUT2D eigenvalue weighted by molar-refractivity contribution is 8.00. The third-order valence-corrected chi connectivity index (χ3v) is 4.10. The Balaban J connectivity index is 1.62. The van der Waals surface area contributed by atoms with Crippen LogP contribution in [0.5, 0.6) is 0 Å². The van der Waals surface area contributed by atoms with Gasteiger partial charge in [0.2, 0.25) is 11.8 Å². The number of aromatic nitrogens is 4. The van der Waals surface area contributed by atoms with Gasteiger partial charge in [-0.05, 0) is 31.2 Å². The Hall–Kier alpha value is -2.45. The quantitative estimate of drug-likeness (QED) is 0.696. The lowest BCUT2D eigenvalue weighted by Gasteiger charge is -2.09. The predicted octanol–water partition coefficient (Wildman–Crippen LogP) is 3.30. The molecule has 122 valence electrons. The maximum Gasteiger partial charge on any atom is 0.277 e. The average Bonchev–Trinajstić information content (AvgIpc) is 3.06. The molecule has 1 N–H and O–H groups in total. The lowest BCUT2D eigenvalue weighted by molar-refractivity contribution is -0.115. The van der Waals surface area contributed by atoms with Crippen LogP contribution in [0.3, 0.4) is 0 Å². The van der Waals surface area contributed by atoms with Crippen molar-refractivity contribution in [3.8, 4) is 11.5 Å². The molecule has 0 spiro atoms. The molecule has 0 aliphatic rings. The third kappa shape index (κ3) is 4.09. The van der Waals surface area contributed by atoms with E-state index in [-0.39, 0.29) is 5.91 Å². The van der Waals surface area contributed by atoms with E-state index in [1.807, 2.05) is 6.07 Å². The van der Waals surface area contributed by atoms with E-state index in [4.69, 9.17) is 16.0 Å². The minimum absolute atomic E-state index is 0.226. The fourth-order valence-electron chi connectivity index (χ4n) is 1.75. The van der Waals surface area contributed by atoms with Crippen molar-refractivity contribution < 1.29 is 9.21 Å². The number of hydrogen-bond donors (Lipinski definition) is 1. The van der Waals surface area contributed by atoms with Gasteiger partial charge in [0.25, 0.3) is 5.22 Å². The number of thioether (sulfide) groups is 1. The summed E-state index contributed by atoms with van der Waals surface area (Å²) >= 11 is 6.92. The Morgan fingerprint density at radius 1 is 1.29 bits per heavy atom. The first-order valence-corrected chi connectivity index (χ1v) is 8.20. The molecule has 3 rings (SSSR count). The van der Waals surface area contributed by atoms with Crippen molar-refractivity contribution in [2.24, 2.45) is 0 Å². The van der Waals surface area contributed by atoms with Crippen molar-refractivity contribution in [1.29, 1.82) is 0 Å². The molecule has 24 heavy (non-hydrogen) atoms. The highest BCUT2D eigenvalue weighted by atomic mass is 35.5. The maximum absolute atomic E-state index is 12.2. The Morgan fingerprint density at radius 3 is 2.88 bits per heavy atom. The van der Waals surface area contributed by atoms with Crippen LogP contribution in [0.4, 0.5) is 5.82 Å². The molecule has 0 saturated heterocycles. The van der Waals surface area contributed by atoms with Gasteiger partial charge >= 0.3 is 0 Å². The molecule has 9 heteroatoms. The first kappa shape index (κ1) is 16.4. The van der Waals surface area contributed by atoms with Crippen LogP contribution < -0.4 is 5.32 Å². The van der Waals surface area contributed by atoms with Crippen molar-refractivity contribution in [3.63, 3.8) is 0 Å². The number of nitrogens with zero attached hydrogens (tertiary/aromatic N) is 4. The van der Waals surface area contributed by atoms with Crippen molar-refractivity contribution in [1.82, 2.24) is 20.2 Å². The van der Waals surface area contributed by atoms with Gasteiger partial charge in [0, 0.05) is 18.6 Å². The van der Waals surface area contributed by atoms with Crippen molar-refractivity contribution >= 4 is 35.1 Å². The summed E-state index contributed by atoms with van der Waals surface area (Å²) in [6, 6.07) is 6.88. The number of carbonyl (C=O) groups excluding carboxylic acids is 1. The highest BCUT2D eigenvalue weighted by Gasteiger charge is 2.19. The molecule has 0 radical (unpaired) electrons. The van der Waals surface area contributed by atoms with E-state index < -0.39 is 5.25 Å². The normalized spacial score (nSPS) is 11.9. The number of nitrogens with one attached hydrogen (secondary N) is 1. The first-order chi connectivity index (χ1) is 11.6. The van der Waals surface area contributed by atoms with Crippen LogP contribution in [0, 0.1) is 0 Å². The van der Waals surface area contributed by atoms with E-state index in [9.17, 15) is 4.79 Å². The zero-order chi connectivity index (χ0) is 16.9. The molecule has 0 bridgehead atoms. The van der Waals surface area contributed by atoms with E-state index in [0.29, 0.717) is 22.0 Å². The van der Waals surface area contributed by atoms with Gasteiger partial charge in [0.15, 0.2) is 0 Å². The Labute approximate surface area is 146 Å². The van der Waals surface area contributed by atoms with Gasteiger partial charge < -0.3 is 9.73 Å². The second kappa shape index (κ2) is 7.41. The van der Waals surface area contributed by atoms with Gasteiger partial charge in [-0.25, -0.2) is 4.98 Å². The van der Waals surface area contributed by atoms with Crippen LogP contribution in [0.1, 0.15) is 6.92 Å². The molecule has 1 amide bonds. The van der Waals surface area contributed by atoms with Crippen LogP contribution >= 0.6 is 23.4 Å². The van der Waals surface area contributed by atoms with Crippen molar-refractivity contribution in [2.45, 2.75) is 17.4 Å². The van der Waals surface area contributed by atoms with E-state index in [1.165, 1.54) is 6.20 Å². The van der Waals surface area contributed by atoms with Crippen LogP contribution in [-0.4, -0.2) is 31.3 Å². The molecule has 0 fully saturated rings. The number of hydrogen-bond acceptors (Lipinski definition) is 7. The molecule has 3 aromatic rings. The SMILES string of the molecule is C[C@H](Sc1nnc(-c2cccnc2)o1)C(=O)Nc1ccc(Cl)cn1. The molecule has 3 heterocycles. The topological polar surface area (TPSA) is 93.8 Å². The summed E-state index contributed by atoms with van der Waals surface area (Å²) in [4.78, 5) is 20.2. The van der Waals surface area contributed by atoms with Gasteiger partial charge in [0.05, 0.1) is 15.8 Å². The number of anilines is 1. The van der Waals surface area contributed by atoms with E-state index >= 15 is 0 Å². The van der Waals surface area contributed by atoms with Gasteiger partial charge in [-0.1, -0.05) is 23.4 Å². The largest absolute Gasteiger partial charge is 0.411 e. The Kier molecular flexibility index (Phi) is 5.07. The summed E-state index contributed by atoms with van der Waals surface area (Å²) in [6.07, 6.45) is 4.75. The monoisotopic (exact) mass is 361 g/mol. The molecule has 1 atom stereocenters. The smallest absolute Gasteiger partial charge is 0.277 e. The fraction of sp³-hybridized carbons (Fsp3) is 0.133. The van der Waals surface area contributed by atoms with Crippen molar-refractivity contribution in [3.05, 3.63) is 47.9 Å². The number of halogens is 1. The summed E-state index contributed by atoms with van der Waals surface area (Å²) in [5.74, 6) is 0.562. The highest BCUT2D eigenvalue weighted by Crippen LogP contribution is 2.26. The number of rotatable bonds is 5. The van der Waals surface area contributed by atoms with E-state index in [1.54, 1.807) is 37.5 Å². The van der Waals surface area contributed by atoms with Crippen molar-refractivity contribution in [2.75, 3.05) is 5.32 Å². The van der Waals surface area contributed by atoms with Crippen LogP contribution in [0.2, 0.25) is 5.02 Å². The molecular weight excluding hydrogens is 350 g/mol. The van der Waals surface area contributed by atoms with Crippen LogP contribution in [0.15, 0.2) is 52.5 Å². The molecular formula is C15H12ClN5O2S. The molecule has 0 unspecified atom stereocenters. The first-order valence-electron chi connectivity index (χ1n) is 6.95. The average molecular weight is 362 g/mol. The van der Waals surface area contributed by atoms with E-state index in [2.05, 4.69) is 25.5 Å². The maximum atomic E-state index is 12.2. The summed E-state index contributed by atoms with van der Waals surface area (Å²) in [7, 11) is 0. The number of carbonyl (C=O) groups is 1. The zero-order valence-electron chi connectivity index (χ0n) is 12.5. The predicted molar refractivity (Wildman–Crippen MR) is 90.7 cm³/mol. The Morgan fingerprint density at radius 2 is 2.17 bits per heavy atom. The standard InChI is InChI=1S/C15H12ClN5O2S/c1-9(13(22)19-12-5-4-11(16)8-18-12)24-15-21-20-14(23-15)10-3-2-6-17-7-10/h2-9H,1H3,(H,18,19,22)/t9-/m0/s1. The molecule has 3 aromatic heterocycles. The van der Waals surface area contributed by atoms with Gasteiger partial charge in [-0.2, -0.15) is 0 Å². The van der Waals surface area contributed by atoms with E-state index in [0.717, 1.165) is 17.3 Å². The van der Waals surface area contributed by atoms with Crippen LogP contribution in [-0.2, 0) is 4.79 Å². The lowest BCUT2D eigenvalue weighted by atomic mass is 10.3. The minimum atomic E-state index is -0.440. The van der Waals surface area contributed by atoms with Gasteiger partial charge in [0.1, 0.15) is 5.82 Å². The number of amides is 1. The van der Waals surface area contributed by atoms with Gasteiger partial charge in [-0.15, -0.1) is 10.2 Å². The minimum Gasteiger partial charge on any atom is -0.411 e. The lowest BCUT2D eigenvalue weighted by Crippen LogP contribution is -2.22. The van der Waals surface area contributed by atoms with Gasteiger partial charge in [-0.3, -0.25) is 9.78 Å². The second-order valence-corrected chi connectivity index (χ2v) is 6.45. The summed E-state index contributed by atoms with van der Waals surface area (Å²) in [5, 5.41) is 11.0. The van der Waals surface area contributed by atoms with Crippen LogP contribution in [0.25, 0.3) is 11.5 Å². The molecule has 7 nitrogen and oxygen atoms in total. The molecule has 0 aliphatic carbocycles. The Bertz CT molecular complexity index is 825. The summed E-state index contributed by atoms with van der Waals surface area (Å²) < 4.78 is 5.54.